The molecule has 5 heteroatoms. The molecule has 1 aliphatic rings. The van der Waals surface area contributed by atoms with E-state index in [9.17, 15) is 9.18 Å². The monoisotopic (exact) mass is 281 g/mol. The third kappa shape index (κ3) is 3.28. The number of cyclic esters (lactones) is 1. The average molecular weight is 281 g/mol. The Bertz CT molecular complexity index is 510. The van der Waals surface area contributed by atoms with Crippen LogP contribution in [0.3, 0.4) is 0 Å². The first-order chi connectivity index (χ1) is 9.30. The van der Waals surface area contributed by atoms with Gasteiger partial charge in [0.25, 0.3) is 0 Å². The molecule has 1 aromatic carbocycles. The Morgan fingerprint density at radius 3 is 2.65 bits per heavy atom. The summed E-state index contributed by atoms with van der Waals surface area (Å²) >= 11 is 0. The topological polar surface area (TPSA) is 49.8 Å². The van der Waals surface area contributed by atoms with Crippen LogP contribution in [0.25, 0.3) is 0 Å². The van der Waals surface area contributed by atoms with Crippen molar-refractivity contribution in [2.75, 3.05) is 18.1 Å². The van der Waals surface area contributed by atoms with Crippen LogP contribution in [-0.4, -0.2) is 30.5 Å². The lowest BCUT2D eigenvalue weighted by molar-refractivity contribution is 0.0963. The lowest BCUT2D eigenvalue weighted by Crippen LogP contribution is -2.25. The molecule has 0 aromatic heterocycles. The van der Waals surface area contributed by atoms with Crippen molar-refractivity contribution in [3.05, 3.63) is 29.6 Å². The fourth-order valence-corrected chi connectivity index (χ4v) is 2.25. The summed E-state index contributed by atoms with van der Waals surface area (Å²) in [4.78, 5) is 13.0. The fraction of sp³-hybridized carbons (Fsp3) is 0.533. The van der Waals surface area contributed by atoms with Crippen LogP contribution < -0.4 is 4.90 Å². The molecule has 20 heavy (non-hydrogen) atoms. The summed E-state index contributed by atoms with van der Waals surface area (Å²) in [7, 11) is 0. The summed E-state index contributed by atoms with van der Waals surface area (Å²) in [5.74, 6) is -0.322. The highest BCUT2D eigenvalue weighted by Crippen LogP contribution is 2.27. The Kier molecular flexibility index (Phi) is 3.99. The van der Waals surface area contributed by atoms with E-state index in [1.54, 1.807) is 12.1 Å². The Morgan fingerprint density at radius 2 is 2.15 bits per heavy atom. The Labute approximate surface area is 118 Å². The summed E-state index contributed by atoms with van der Waals surface area (Å²) in [6, 6.07) is 4.77. The highest BCUT2D eigenvalue weighted by Gasteiger charge is 2.32. The lowest BCUT2D eigenvalue weighted by Gasteiger charge is -2.20. The first-order valence-corrected chi connectivity index (χ1v) is 6.67. The molecule has 1 aromatic rings. The second-order valence-electron chi connectivity index (χ2n) is 6.31. The molecule has 1 atom stereocenters. The number of halogens is 1. The molecule has 1 amide bonds. The van der Waals surface area contributed by atoms with Crippen molar-refractivity contribution in [3.8, 4) is 0 Å². The van der Waals surface area contributed by atoms with Crippen molar-refractivity contribution in [2.24, 2.45) is 5.41 Å². The van der Waals surface area contributed by atoms with Crippen molar-refractivity contribution in [3.63, 3.8) is 0 Å². The Balaban J connectivity index is 2.19. The zero-order valence-electron chi connectivity index (χ0n) is 12.0. The lowest BCUT2D eigenvalue weighted by atomic mass is 9.88. The van der Waals surface area contributed by atoms with Gasteiger partial charge in [-0.1, -0.05) is 26.8 Å². The van der Waals surface area contributed by atoms with Crippen molar-refractivity contribution < 1.29 is 19.0 Å². The molecule has 1 N–H and O–H groups in total. The summed E-state index contributed by atoms with van der Waals surface area (Å²) in [5, 5.41) is 9.00. The van der Waals surface area contributed by atoms with Crippen molar-refractivity contribution in [1.82, 2.24) is 0 Å². The second-order valence-corrected chi connectivity index (χ2v) is 6.31. The minimum absolute atomic E-state index is 0.00306. The number of benzene rings is 1. The molecule has 0 spiro atoms. The molecular formula is C15H20FNO3. The van der Waals surface area contributed by atoms with Gasteiger partial charge in [0.1, 0.15) is 11.9 Å². The van der Waals surface area contributed by atoms with Gasteiger partial charge in [0.15, 0.2) is 0 Å². The summed E-state index contributed by atoms with van der Waals surface area (Å²) in [6.07, 6.45) is -0.463. The van der Waals surface area contributed by atoms with Crippen LogP contribution in [0.2, 0.25) is 0 Å². The van der Waals surface area contributed by atoms with Gasteiger partial charge in [0, 0.05) is 0 Å². The molecule has 1 aliphatic heterocycles. The maximum atomic E-state index is 14.1. The van der Waals surface area contributed by atoms with Gasteiger partial charge >= 0.3 is 6.09 Å². The number of carbonyl (C=O) groups is 1. The molecular weight excluding hydrogens is 261 g/mol. The number of carbonyl (C=O) groups excluding carboxylic acids is 1. The SMILES string of the molecule is CC(C)(C)Cc1ccc(N2C[C@@H](CO)OC2=O)cc1F. The zero-order chi connectivity index (χ0) is 14.9. The van der Waals surface area contributed by atoms with Gasteiger partial charge in [0.05, 0.1) is 18.8 Å². The molecule has 110 valence electrons. The minimum Gasteiger partial charge on any atom is -0.441 e. The van der Waals surface area contributed by atoms with E-state index < -0.39 is 12.2 Å². The van der Waals surface area contributed by atoms with E-state index in [1.807, 2.05) is 20.8 Å². The van der Waals surface area contributed by atoms with Crippen LogP contribution >= 0.6 is 0 Å². The number of aliphatic hydroxyl groups excluding tert-OH is 1. The molecule has 0 bridgehead atoms. The molecule has 1 saturated heterocycles. The Hall–Kier alpha value is -1.62. The first-order valence-electron chi connectivity index (χ1n) is 6.67. The van der Waals surface area contributed by atoms with Gasteiger partial charge in [-0.05, 0) is 29.5 Å². The van der Waals surface area contributed by atoms with E-state index in [2.05, 4.69) is 0 Å². The van der Waals surface area contributed by atoms with E-state index in [0.717, 1.165) is 0 Å². The normalized spacial score (nSPS) is 19.4. The van der Waals surface area contributed by atoms with Crippen LogP contribution in [0, 0.1) is 11.2 Å². The summed E-state index contributed by atoms with van der Waals surface area (Å²) in [6.45, 7) is 6.15. The smallest absolute Gasteiger partial charge is 0.414 e. The Morgan fingerprint density at radius 1 is 1.45 bits per heavy atom. The van der Waals surface area contributed by atoms with Crippen LogP contribution in [0.5, 0.6) is 0 Å². The number of amides is 1. The van der Waals surface area contributed by atoms with Gasteiger partial charge in [-0.15, -0.1) is 0 Å². The number of ether oxygens (including phenoxy) is 1. The predicted molar refractivity (Wildman–Crippen MR) is 74.3 cm³/mol. The third-order valence-corrected chi connectivity index (χ3v) is 3.15. The molecule has 0 saturated carbocycles. The van der Waals surface area contributed by atoms with E-state index in [4.69, 9.17) is 9.84 Å². The van der Waals surface area contributed by atoms with Crippen LogP contribution in [0.4, 0.5) is 14.9 Å². The number of rotatable bonds is 3. The van der Waals surface area contributed by atoms with Crippen molar-refractivity contribution in [2.45, 2.75) is 33.3 Å². The fourth-order valence-electron chi connectivity index (χ4n) is 2.25. The molecule has 0 unspecified atom stereocenters. The maximum Gasteiger partial charge on any atom is 0.414 e. The molecule has 1 heterocycles. The molecule has 2 rings (SSSR count). The van der Waals surface area contributed by atoms with Gasteiger partial charge in [-0.25, -0.2) is 9.18 Å². The standard InChI is InChI=1S/C15H20FNO3/c1-15(2,3)7-10-4-5-11(6-13(10)16)17-8-12(9-18)20-14(17)19/h4-6,12,18H,7-9H2,1-3H3/t12-/m0/s1. The summed E-state index contributed by atoms with van der Waals surface area (Å²) < 4.78 is 19.1. The van der Waals surface area contributed by atoms with E-state index in [1.165, 1.54) is 11.0 Å². The van der Waals surface area contributed by atoms with Gasteiger partial charge < -0.3 is 9.84 Å². The van der Waals surface area contributed by atoms with Gasteiger partial charge in [-0.2, -0.15) is 0 Å². The van der Waals surface area contributed by atoms with E-state index in [-0.39, 0.29) is 24.4 Å². The molecule has 1 fully saturated rings. The van der Waals surface area contributed by atoms with Crippen LogP contribution in [-0.2, 0) is 11.2 Å². The molecule has 4 nitrogen and oxygen atoms in total. The van der Waals surface area contributed by atoms with Crippen molar-refractivity contribution in [1.29, 1.82) is 0 Å². The first kappa shape index (κ1) is 14.8. The average Bonchev–Trinajstić information content (AvgIpc) is 2.72. The van der Waals surface area contributed by atoms with E-state index in [0.29, 0.717) is 17.7 Å². The second kappa shape index (κ2) is 5.40. The van der Waals surface area contributed by atoms with Crippen LogP contribution in [0.1, 0.15) is 26.3 Å². The van der Waals surface area contributed by atoms with Gasteiger partial charge in [-0.3, -0.25) is 4.90 Å². The van der Waals surface area contributed by atoms with E-state index >= 15 is 0 Å². The number of hydrogen-bond donors (Lipinski definition) is 1. The number of nitrogens with zero attached hydrogens (tertiary/aromatic N) is 1. The van der Waals surface area contributed by atoms with Crippen LogP contribution in [0.15, 0.2) is 18.2 Å². The van der Waals surface area contributed by atoms with Gasteiger partial charge in [0.2, 0.25) is 0 Å². The maximum absolute atomic E-state index is 14.1. The largest absolute Gasteiger partial charge is 0.441 e. The third-order valence-electron chi connectivity index (χ3n) is 3.15. The molecule has 0 radical (unpaired) electrons. The highest BCUT2D eigenvalue weighted by atomic mass is 19.1. The number of hydrogen-bond acceptors (Lipinski definition) is 3. The van der Waals surface area contributed by atoms with Crippen molar-refractivity contribution >= 4 is 11.8 Å². The number of aliphatic hydroxyl groups is 1. The summed E-state index contributed by atoms with van der Waals surface area (Å²) in [5.41, 5.74) is 1.09. The zero-order valence-corrected chi connectivity index (χ0v) is 12.0. The molecule has 0 aliphatic carbocycles. The minimum atomic E-state index is -0.549. The quantitative estimate of drug-likeness (QED) is 0.926. The predicted octanol–water partition coefficient (Wildman–Crippen LogP) is 2.73. The number of anilines is 1. The highest BCUT2D eigenvalue weighted by molar-refractivity contribution is 5.89.